The van der Waals surface area contributed by atoms with E-state index in [-0.39, 0.29) is 28.6 Å². The number of thioether (sulfide) groups is 1. The molecule has 0 aromatic heterocycles. The number of benzene rings is 3. The minimum atomic E-state index is -4.73. The molecule has 1 N–H and O–H groups in total. The van der Waals surface area contributed by atoms with Crippen molar-refractivity contribution in [3.8, 4) is 5.75 Å². The number of nitrogens with zero attached hydrogens (tertiary/aromatic N) is 1. The summed E-state index contributed by atoms with van der Waals surface area (Å²) in [7, 11) is -4.26. The van der Waals surface area contributed by atoms with Crippen LogP contribution in [-0.2, 0) is 21.0 Å². The first kappa shape index (κ1) is 27.7. The molecule has 36 heavy (non-hydrogen) atoms. The van der Waals surface area contributed by atoms with Gasteiger partial charge in [-0.2, -0.15) is 13.2 Å². The molecule has 6 nitrogen and oxygen atoms in total. The fourth-order valence-electron chi connectivity index (χ4n) is 3.27. The SMILES string of the molecule is CCOc1ccccc1N(CC(=O)Nc1ccc(Cl)c(C(F)(F)F)c1)S(=O)(=O)c1ccc(SC)cc1. The number of hydrogen-bond donors (Lipinski definition) is 1. The molecule has 192 valence electrons. The highest BCUT2D eigenvalue weighted by Crippen LogP contribution is 2.36. The standard InChI is InChI=1S/C24H22ClF3N2O4S2/c1-3-34-22-7-5-4-6-21(22)30(36(32,33)18-11-9-17(35-2)10-12-18)15-23(31)29-16-8-13-20(25)19(14-16)24(26,27)28/h4-14H,3,15H2,1-2H3,(H,29,31). The van der Waals surface area contributed by atoms with E-state index in [1.165, 1.54) is 36.0 Å². The van der Waals surface area contributed by atoms with E-state index in [0.717, 1.165) is 15.3 Å². The third-order valence-corrected chi connectivity index (χ3v) is 7.77. The second-order valence-electron chi connectivity index (χ2n) is 7.33. The maximum atomic E-state index is 13.6. The first-order chi connectivity index (χ1) is 17.0. The van der Waals surface area contributed by atoms with Crippen LogP contribution in [0.5, 0.6) is 5.75 Å². The maximum absolute atomic E-state index is 13.6. The molecule has 0 unspecified atom stereocenters. The van der Waals surface area contributed by atoms with Crippen molar-refractivity contribution in [2.45, 2.75) is 22.9 Å². The second kappa shape index (κ2) is 11.4. The largest absolute Gasteiger partial charge is 0.492 e. The van der Waals surface area contributed by atoms with E-state index in [1.807, 2.05) is 6.26 Å². The molecule has 0 heterocycles. The second-order valence-corrected chi connectivity index (χ2v) is 10.5. The Morgan fingerprint density at radius 2 is 1.75 bits per heavy atom. The minimum absolute atomic E-state index is 0.0646. The molecule has 0 radical (unpaired) electrons. The zero-order valence-corrected chi connectivity index (χ0v) is 21.6. The van der Waals surface area contributed by atoms with Crippen LogP contribution in [0.25, 0.3) is 0 Å². The van der Waals surface area contributed by atoms with Gasteiger partial charge in [0, 0.05) is 10.6 Å². The number of ether oxygens (including phenoxy) is 1. The molecule has 0 aliphatic heterocycles. The molecular weight excluding hydrogens is 537 g/mol. The van der Waals surface area contributed by atoms with Crippen molar-refractivity contribution in [2.75, 3.05) is 29.0 Å². The van der Waals surface area contributed by atoms with Gasteiger partial charge in [-0.15, -0.1) is 11.8 Å². The Bertz CT molecular complexity index is 1330. The predicted octanol–water partition coefficient (Wildman–Crippen LogP) is 6.31. The number of para-hydroxylation sites is 2. The monoisotopic (exact) mass is 558 g/mol. The summed E-state index contributed by atoms with van der Waals surface area (Å²) >= 11 is 7.08. The number of nitrogens with one attached hydrogen (secondary N) is 1. The van der Waals surface area contributed by atoms with Crippen molar-refractivity contribution in [2.24, 2.45) is 0 Å². The number of halogens is 4. The summed E-state index contributed by atoms with van der Waals surface area (Å²) in [4.78, 5) is 13.7. The highest BCUT2D eigenvalue weighted by molar-refractivity contribution is 7.98. The molecule has 0 saturated heterocycles. The van der Waals surface area contributed by atoms with Gasteiger partial charge in [-0.05, 0) is 67.8 Å². The summed E-state index contributed by atoms with van der Waals surface area (Å²) in [6.45, 7) is 1.24. The van der Waals surface area contributed by atoms with Gasteiger partial charge >= 0.3 is 6.18 Å². The van der Waals surface area contributed by atoms with E-state index >= 15 is 0 Å². The van der Waals surface area contributed by atoms with Crippen LogP contribution in [-0.4, -0.2) is 33.7 Å². The van der Waals surface area contributed by atoms with E-state index < -0.39 is 39.2 Å². The van der Waals surface area contributed by atoms with E-state index in [0.29, 0.717) is 6.07 Å². The Balaban J connectivity index is 2.00. The van der Waals surface area contributed by atoms with Crippen LogP contribution < -0.4 is 14.4 Å². The average molecular weight is 559 g/mol. The predicted molar refractivity (Wildman–Crippen MR) is 135 cm³/mol. The molecule has 3 aromatic rings. The molecule has 3 rings (SSSR count). The summed E-state index contributed by atoms with van der Waals surface area (Å²) in [6.07, 6.45) is -2.88. The number of sulfonamides is 1. The summed E-state index contributed by atoms with van der Waals surface area (Å²) in [6, 6.07) is 15.3. The summed E-state index contributed by atoms with van der Waals surface area (Å²) < 4.78 is 73.3. The van der Waals surface area contributed by atoms with Crippen LogP contribution in [0.4, 0.5) is 24.5 Å². The van der Waals surface area contributed by atoms with Gasteiger partial charge in [0.25, 0.3) is 10.0 Å². The Morgan fingerprint density at radius 3 is 2.36 bits per heavy atom. The lowest BCUT2D eigenvalue weighted by atomic mass is 10.2. The lowest BCUT2D eigenvalue weighted by Crippen LogP contribution is -2.38. The first-order valence-corrected chi connectivity index (χ1v) is 13.6. The molecule has 0 saturated carbocycles. The number of hydrogen-bond acceptors (Lipinski definition) is 5. The Kier molecular flexibility index (Phi) is 8.80. The number of rotatable bonds is 9. The summed E-state index contributed by atoms with van der Waals surface area (Å²) in [5, 5.41) is 1.80. The van der Waals surface area contributed by atoms with Gasteiger partial charge in [0.15, 0.2) is 0 Å². The van der Waals surface area contributed by atoms with Gasteiger partial charge in [-0.25, -0.2) is 8.42 Å². The van der Waals surface area contributed by atoms with Crippen LogP contribution in [0, 0.1) is 0 Å². The first-order valence-electron chi connectivity index (χ1n) is 10.5. The van der Waals surface area contributed by atoms with Gasteiger partial charge in [-0.3, -0.25) is 9.10 Å². The van der Waals surface area contributed by atoms with Crippen LogP contribution in [0.2, 0.25) is 5.02 Å². The molecule has 1 amide bonds. The van der Waals surface area contributed by atoms with Crippen molar-refractivity contribution < 1.29 is 31.1 Å². The highest BCUT2D eigenvalue weighted by Gasteiger charge is 2.34. The van der Waals surface area contributed by atoms with E-state index in [1.54, 1.807) is 37.3 Å². The zero-order chi connectivity index (χ0) is 26.5. The van der Waals surface area contributed by atoms with Crippen LogP contribution >= 0.6 is 23.4 Å². The molecule has 0 aliphatic carbocycles. The van der Waals surface area contributed by atoms with Gasteiger partial charge in [0.2, 0.25) is 5.91 Å². The maximum Gasteiger partial charge on any atom is 0.417 e. The van der Waals surface area contributed by atoms with Crippen molar-refractivity contribution in [3.05, 3.63) is 77.3 Å². The van der Waals surface area contributed by atoms with E-state index in [4.69, 9.17) is 16.3 Å². The molecule has 0 spiro atoms. The Morgan fingerprint density at radius 1 is 1.08 bits per heavy atom. The average Bonchev–Trinajstić information content (AvgIpc) is 2.83. The molecule has 0 fully saturated rings. The lowest BCUT2D eigenvalue weighted by Gasteiger charge is -2.26. The smallest absolute Gasteiger partial charge is 0.417 e. The molecule has 0 aliphatic rings. The Hall–Kier alpha value is -2.89. The van der Waals surface area contributed by atoms with Crippen molar-refractivity contribution in [1.82, 2.24) is 0 Å². The molecular formula is C24H22ClF3N2O4S2. The summed E-state index contributed by atoms with van der Waals surface area (Å²) in [5.41, 5.74) is -1.20. The number of carbonyl (C=O) groups is 1. The van der Waals surface area contributed by atoms with Crippen molar-refractivity contribution in [3.63, 3.8) is 0 Å². The number of alkyl halides is 3. The fraction of sp³-hybridized carbons (Fsp3) is 0.208. The Labute approximate surface area is 216 Å². The van der Waals surface area contributed by atoms with Crippen molar-refractivity contribution in [1.29, 1.82) is 0 Å². The van der Waals surface area contributed by atoms with Crippen LogP contribution in [0.1, 0.15) is 12.5 Å². The zero-order valence-electron chi connectivity index (χ0n) is 19.2. The van der Waals surface area contributed by atoms with Gasteiger partial charge < -0.3 is 10.1 Å². The summed E-state index contributed by atoms with van der Waals surface area (Å²) in [5.74, 6) is -0.635. The van der Waals surface area contributed by atoms with Crippen molar-refractivity contribution >= 4 is 50.7 Å². The third kappa shape index (κ3) is 6.45. The number of carbonyl (C=O) groups excluding carboxylic acids is 1. The minimum Gasteiger partial charge on any atom is -0.492 e. The van der Waals surface area contributed by atoms with Gasteiger partial charge in [0.1, 0.15) is 12.3 Å². The number of anilines is 2. The van der Waals surface area contributed by atoms with Gasteiger partial charge in [-0.1, -0.05) is 23.7 Å². The van der Waals surface area contributed by atoms with Gasteiger partial charge in [0.05, 0.1) is 27.8 Å². The molecule has 12 heteroatoms. The molecule has 0 atom stereocenters. The molecule has 3 aromatic carbocycles. The normalized spacial score (nSPS) is 11.7. The highest BCUT2D eigenvalue weighted by atomic mass is 35.5. The topological polar surface area (TPSA) is 75.7 Å². The fourth-order valence-corrected chi connectivity index (χ4v) is 5.33. The van der Waals surface area contributed by atoms with Crippen LogP contribution in [0.3, 0.4) is 0 Å². The lowest BCUT2D eigenvalue weighted by molar-refractivity contribution is -0.137. The van der Waals surface area contributed by atoms with E-state index in [2.05, 4.69) is 5.32 Å². The van der Waals surface area contributed by atoms with Crippen LogP contribution in [0.15, 0.2) is 76.5 Å². The third-order valence-electron chi connectivity index (χ3n) is 4.92. The number of amides is 1. The molecule has 0 bridgehead atoms. The van der Waals surface area contributed by atoms with E-state index in [9.17, 15) is 26.4 Å². The quantitative estimate of drug-likeness (QED) is 0.311.